The van der Waals surface area contributed by atoms with Gasteiger partial charge in [-0.3, -0.25) is 19.3 Å². The number of hydrogen-bond acceptors (Lipinski definition) is 6. The van der Waals surface area contributed by atoms with Crippen molar-refractivity contribution in [2.75, 3.05) is 11.1 Å². The quantitative estimate of drug-likeness (QED) is 0.359. The lowest BCUT2D eigenvalue weighted by molar-refractivity contribution is -0.122. The lowest BCUT2D eigenvalue weighted by Crippen LogP contribution is -2.44. The molecule has 1 unspecified atom stereocenters. The summed E-state index contributed by atoms with van der Waals surface area (Å²) in [5, 5.41) is 6.21. The van der Waals surface area contributed by atoms with Crippen LogP contribution in [0.5, 0.6) is 0 Å². The molecule has 0 bridgehead atoms. The van der Waals surface area contributed by atoms with E-state index in [4.69, 9.17) is 4.99 Å². The molecule has 2 heterocycles. The second-order valence-corrected chi connectivity index (χ2v) is 11.1. The number of hydrogen-bond donors (Lipinski definition) is 2. The Hall–Kier alpha value is -4.31. The summed E-state index contributed by atoms with van der Waals surface area (Å²) >= 11 is 1.22. The van der Waals surface area contributed by atoms with Gasteiger partial charge in [-0.1, -0.05) is 62.0 Å². The molecule has 2 aliphatic rings. The molecule has 0 spiro atoms. The number of benzene rings is 3. The van der Waals surface area contributed by atoms with Crippen molar-refractivity contribution in [1.29, 1.82) is 0 Å². The van der Waals surface area contributed by atoms with E-state index in [0.29, 0.717) is 28.3 Å². The van der Waals surface area contributed by atoms with Crippen molar-refractivity contribution in [1.82, 2.24) is 10.2 Å². The van der Waals surface area contributed by atoms with Crippen LogP contribution in [0.4, 0.5) is 15.8 Å². The second kappa shape index (κ2) is 12.5. The van der Waals surface area contributed by atoms with Crippen LogP contribution in [0.2, 0.25) is 0 Å². The number of halogens is 1. The molecule has 41 heavy (non-hydrogen) atoms. The molecular formula is C31H30FN5O3S. The molecule has 0 saturated heterocycles. The number of thioether (sulfide) groups is 1. The Labute approximate surface area is 242 Å². The minimum atomic E-state index is -0.715. The van der Waals surface area contributed by atoms with Gasteiger partial charge in [0, 0.05) is 24.2 Å². The van der Waals surface area contributed by atoms with Gasteiger partial charge in [0.05, 0.1) is 11.4 Å². The highest BCUT2D eigenvalue weighted by Crippen LogP contribution is 2.35. The van der Waals surface area contributed by atoms with Gasteiger partial charge in [0.1, 0.15) is 17.7 Å². The molecular weight excluding hydrogens is 541 g/mol. The fraction of sp³-hybridized carbons (Fsp3) is 0.258. The van der Waals surface area contributed by atoms with Gasteiger partial charge in [0.25, 0.3) is 5.91 Å². The van der Waals surface area contributed by atoms with Crippen molar-refractivity contribution in [3.8, 4) is 0 Å². The van der Waals surface area contributed by atoms with Crippen LogP contribution in [0.3, 0.4) is 0 Å². The van der Waals surface area contributed by atoms with E-state index in [0.717, 1.165) is 11.1 Å². The Bertz CT molecular complexity index is 1520. The molecule has 2 N–H and O–H groups in total. The number of fused-ring (bicyclic) bond motifs is 3. The first kappa shape index (κ1) is 28.2. The van der Waals surface area contributed by atoms with E-state index >= 15 is 0 Å². The van der Waals surface area contributed by atoms with Crippen LogP contribution in [0, 0.1) is 5.82 Å². The number of carbonyl (C=O) groups excluding carboxylic acids is 3. The zero-order valence-corrected chi connectivity index (χ0v) is 23.6. The van der Waals surface area contributed by atoms with Crippen molar-refractivity contribution in [3.63, 3.8) is 0 Å². The summed E-state index contributed by atoms with van der Waals surface area (Å²) in [5.74, 6) is -0.176. The van der Waals surface area contributed by atoms with E-state index in [2.05, 4.69) is 29.5 Å². The number of para-hydroxylation sites is 1. The average molecular weight is 572 g/mol. The fourth-order valence-electron chi connectivity index (χ4n) is 4.61. The van der Waals surface area contributed by atoms with Gasteiger partial charge in [-0.15, -0.1) is 0 Å². The maximum Gasteiger partial charge on any atom is 0.270 e. The van der Waals surface area contributed by atoms with Crippen LogP contribution in [-0.2, 0) is 20.9 Å². The number of amides is 3. The van der Waals surface area contributed by atoms with Gasteiger partial charge in [-0.2, -0.15) is 4.99 Å². The Balaban J connectivity index is 1.25. The lowest BCUT2D eigenvalue weighted by Gasteiger charge is -2.31. The van der Waals surface area contributed by atoms with E-state index in [1.54, 1.807) is 17.0 Å². The zero-order chi connectivity index (χ0) is 28.9. The summed E-state index contributed by atoms with van der Waals surface area (Å²) < 4.78 is 13.1. The molecule has 1 atom stereocenters. The van der Waals surface area contributed by atoms with Crippen LogP contribution < -0.4 is 10.6 Å². The van der Waals surface area contributed by atoms with Crippen LogP contribution in [0.1, 0.15) is 49.3 Å². The second-order valence-electron chi connectivity index (χ2n) is 10.1. The van der Waals surface area contributed by atoms with E-state index in [1.807, 2.05) is 48.5 Å². The highest BCUT2D eigenvalue weighted by molar-refractivity contribution is 8.14. The molecule has 3 amide bonds. The molecule has 0 fully saturated rings. The van der Waals surface area contributed by atoms with Gasteiger partial charge in [-0.05, 0) is 59.9 Å². The van der Waals surface area contributed by atoms with Crippen LogP contribution >= 0.6 is 11.8 Å². The maximum atomic E-state index is 13.1. The topological polar surface area (TPSA) is 103 Å². The predicted molar refractivity (Wildman–Crippen MR) is 160 cm³/mol. The van der Waals surface area contributed by atoms with E-state index < -0.39 is 6.04 Å². The summed E-state index contributed by atoms with van der Waals surface area (Å²) in [4.78, 5) is 49.3. The normalized spacial score (nSPS) is 15.7. The number of rotatable bonds is 9. The summed E-state index contributed by atoms with van der Waals surface area (Å²) in [6.45, 7) is 4.48. The predicted octanol–water partition coefficient (Wildman–Crippen LogP) is 5.38. The van der Waals surface area contributed by atoms with Gasteiger partial charge in [0.2, 0.25) is 11.8 Å². The SMILES string of the molecule is CC(C)c1ccc(NC(=O)CSC2=Nc3ccccc3C3=NC(=O)C(CCC(=O)NCc4ccc(F)cc4)N23)cc1. The highest BCUT2D eigenvalue weighted by Gasteiger charge is 2.41. The Morgan fingerprint density at radius 2 is 1.71 bits per heavy atom. The molecule has 0 saturated carbocycles. The third kappa shape index (κ3) is 6.71. The Morgan fingerprint density at radius 1 is 0.976 bits per heavy atom. The van der Waals surface area contributed by atoms with Crippen LogP contribution in [0.25, 0.3) is 0 Å². The molecule has 3 aromatic rings. The first-order chi connectivity index (χ1) is 19.8. The van der Waals surface area contributed by atoms with Crippen molar-refractivity contribution in [2.45, 2.75) is 45.2 Å². The number of anilines is 1. The maximum absolute atomic E-state index is 13.1. The summed E-state index contributed by atoms with van der Waals surface area (Å²) in [6, 6.07) is 20.3. The van der Waals surface area contributed by atoms with Gasteiger partial charge in [-0.25, -0.2) is 9.38 Å². The van der Waals surface area contributed by atoms with Crippen LogP contribution in [0.15, 0.2) is 82.8 Å². The molecule has 210 valence electrons. The van der Waals surface area contributed by atoms with Crippen molar-refractivity contribution in [2.24, 2.45) is 9.98 Å². The third-order valence-corrected chi connectivity index (χ3v) is 7.80. The minimum absolute atomic E-state index is 0.0791. The summed E-state index contributed by atoms with van der Waals surface area (Å²) in [5.41, 5.74) is 4.06. The van der Waals surface area contributed by atoms with Gasteiger partial charge in [0.15, 0.2) is 5.17 Å². The highest BCUT2D eigenvalue weighted by atomic mass is 32.2. The number of nitrogens with zero attached hydrogens (tertiary/aromatic N) is 3. The lowest BCUT2D eigenvalue weighted by atomic mass is 10.0. The summed E-state index contributed by atoms with van der Waals surface area (Å²) in [7, 11) is 0. The van der Waals surface area contributed by atoms with Gasteiger partial charge < -0.3 is 10.6 Å². The average Bonchev–Trinajstić information content (AvgIpc) is 3.31. The van der Waals surface area contributed by atoms with E-state index in [9.17, 15) is 18.8 Å². The molecule has 2 aliphatic heterocycles. The van der Waals surface area contributed by atoms with E-state index in [1.165, 1.54) is 29.5 Å². The molecule has 0 aliphatic carbocycles. The molecule has 0 aromatic heterocycles. The van der Waals surface area contributed by atoms with Gasteiger partial charge >= 0.3 is 0 Å². The first-order valence-electron chi connectivity index (χ1n) is 13.4. The Kier molecular flexibility index (Phi) is 8.58. The van der Waals surface area contributed by atoms with Crippen LogP contribution in [-0.4, -0.2) is 45.4 Å². The number of carbonyl (C=O) groups is 3. The largest absolute Gasteiger partial charge is 0.352 e. The monoisotopic (exact) mass is 571 g/mol. The van der Waals surface area contributed by atoms with Crippen molar-refractivity contribution >= 4 is 51.9 Å². The molecule has 5 rings (SSSR count). The smallest absolute Gasteiger partial charge is 0.270 e. The number of nitrogens with one attached hydrogen (secondary N) is 2. The Morgan fingerprint density at radius 3 is 2.44 bits per heavy atom. The molecule has 10 heteroatoms. The third-order valence-electron chi connectivity index (χ3n) is 6.85. The molecule has 0 radical (unpaired) electrons. The van der Waals surface area contributed by atoms with Crippen molar-refractivity contribution in [3.05, 3.63) is 95.3 Å². The number of amidine groups is 2. The number of aliphatic imine (C=N–C) groups is 2. The first-order valence-corrected chi connectivity index (χ1v) is 14.4. The minimum Gasteiger partial charge on any atom is -0.352 e. The molecule has 3 aromatic carbocycles. The van der Waals surface area contributed by atoms with Crippen molar-refractivity contribution < 1.29 is 18.8 Å². The fourth-order valence-corrected chi connectivity index (χ4v) is 5.46. The molecule has 8 nitrogen and oxygen atoms in total. The van der Waals surface area contributed by atoms with E-state index in [-0.39, 0.29) is 48.7 Å². The zero-order valence-electron chi connectivity index (χ0n) is 22.8. The summed E-state index contributed by atoms with van der Waals surface area (Å²) in [6.07, 6.45) is 0.306. The standard InChI is InChI=1S/C31H30FN5O3S/c1-19(2)21-9-13-23(14-10-21)34-28(39)18-41-31-35-25-6-4-3-5-24(25)29-36-30(40)26(37(29)31)15-16-27(38)33-17-20-7-11-22(32)12-8-20/h3-14,19,26H,15-18H2,1-2H3,(H,33,38)(H,34,39).